The molecule has 2 aliphatic rings. The number of rotatable bonds is 2. The van der Waals surface area contributed by atoms with E-state index >= 15 is 0 Å². The smallest absolute Gasteiger partial charge is 0.410 e. The van der Waals surface area contributed by atoms with E-state index in [0.717, 1.165) is 32.0 Å². The van der Waals surface area contributed by atoms with Crippen LogP contribution in [-0.2, 0) is 4.74 Å². The minimum atomic E-state index is -0.416. The Hall–Kier alpha value is -0.770. The highest BCUT2D eigenvalue weighted by Gasteiger charge is 2.48. The third-order valence-corrected chi connectivity index (χ3v) is 4.86. The number of likely N-dealkylation sites (tertiary alicyclic amines) is 1. The molecule has 116 valence electrons. The van der Waals surface area contributed by atoms with Crippen LogP contribution < -0.4 is 5.73 Å². The van der Waals surface area contributed by atoms with E-state index in [-0.39, 0.29) is 11.5 Å². The normalized spacial score (nSPS) is 34.5. The summed E-state index contributed by atoms with van der Waals surface area (Å²) < 4.78 is 5.50. The Bertz CT molecular complexity index is 356. The lowest BCUT2D eigenvalue weighted by Crippen LogP contribution is -2.54. The molecule has 4 nitrogen and oxygen atoms in total. The van der Waals surface area contributed by atoms with Crippen molar-refractivity contribution in [1.29, 1.82) is 0 Å². The van der Waals surface area contributed by atoms with Crippen LogP contribution in [0.25, 0.3) is 0 Å². The van der Waals surface area contributed by atoms with Crippen LogP contribution in [0.1, 0.15) is 53.4 Å². The Morgan fingerprint density at radius 3 is 2.55 bits per heavy atom. The van der Waals surface area contributed by atoms with Gasteiger partial charge in [-0.15, -0.1) is 0 Å². The van der Waals surface area contributed by atoms with Gasteiger partial charge in [-0.2, -0.15) is 0 Å². The molecule has 1 unspecified atom stereocenters. The van der Waals surface area contributed by atoms with E-state index in [2.05, 4.69) is 6.92 Å². The average Bonchev–Trinajstić information content (AvgIpc) is 2.33. The summed E-state index contributed by atoms with van der Waals surface area (Å²) in [5, 5.41) is 0. The molecule has 0 bridgehead atoms. The first-order chi connectivity index (χ1) is 9.26. The molecule has 1 aliphatic carbocycles. The maximum absolute atomic E-state index is 12.2. The van der Waals surface area contributed by atoms with Crippen molar-refractivity contribution in [3.05, 3.63) is 0 Å². The first kappa shape index (κ1) is 15.6. The predicted molar refractivity (Wildman–Crippen MR) is 80.4 cm³/mol. The summed E-state index contributed by atoms with van der Waals surface area (Å²) in [5.74, 6) is 1.33. The monoisotopic (exact) mass is 282 g/mol. The van der Waals surface area contributed by atoms with Crippen molar-refractivity contribution >= 4 is 6.09 Å². The predicted octanol–water partition coefficient (Wildman–Crippen LogP) is 3.01. The van der Waals surface area contributed by atoms with Gasteiger partial charge in [-0.3, -0.25) is 0 Å². The number of nitrogens with zero attached hydrogens (tertiary/aromatic N) is 1. The second-order valence-corrected chi connectivity index (χ2v) is 7.85. The second kappa shape index (κ2) is 5.55. The quantitative estimate of drug-likeness (QED) is 0.847. The summed E-state index contributed by atoms with van der Waals surface area (Å²) in [4.78, 5) is 14.1. The van der Waals surface area contributed by atoms with Gasteiger partial charge in [-0.1, -0.05) is 6.92 Å². The molecule has 0 radical (unpaired) electrons. The van der Waals surface area contributed by atoms with Crippen LogP contribution in [0.3, 0.4) is 0 Å². The molecular formula is C16H30N2O2. The molecular weight excluding hydrogens is 252 g/mol. The zero-order valence-electron chi connectivity index (χ0n) is 13.4. The first-order valence-corrected chi connectivity index (χ1v) is 7.94. The number of amides is 1. The molecule has 1 aliphatic heterocycles. The molecule has 1 amide bonds. The van der Waals surface area contributed by atoms with Crippen molar-refractivity contribution in [2.45, 2.75) is 59.0 Å². The van der Waals surface area contributed by atoms with Gasteiger partial charge in [0.1, 0.15) is 5.60 Å². The fourth-order valence-corrected chi connectivity index (χ4v) is 3.96. The molecule has 2 fully saturated rings. The van der Waals surface area contributed by atoms with Gasteiger partial charge in [0.15, 0.2) is 0 Å². The van der Waals surface area contributed by atoms with Gasteiger partial charge in [-0.05, 0) is 70.3 Å². The van der Waals surface area contributed by atoms with Crippen LogP contribution in [0.5, 0.6) is 0 Å². The summed E-state index contributed by atoms with van der Waals surface area (Å²) in [6.07, 6.45) is 4.54. The number of carbonyl (C=O) groups is 1. The lowest BCUT2D eigenvalue weighted by molar-refractivity contribution is -0.0362. The van der Waals surface area contributed by atoms with Crippen LogP contribution in [0.15, 0.2) is 0 Å². The second-order valence-electron chi connectivity index (χ2n) is 7.85. The van der Waals surface area contributed by atoms with Gasteiger partial charge in [0.05, 0.1) is 0 Å². The zero-order valence-corrected chi connectivity index (χ0v) is 13.4. The minimum Gasteiger partial charge on any atom is -0.444 e. The minimum absolute atomic E-state index is 0.165. The third-order valence-electron chi connectivity index (χ3n) is 4.86. The molecule has 0 aromatic rings. The molecule has 1 saturated heterocycles. The topological polar surface area (TPSA) is 55.6 Å². The number of nitrogens with two attached hydrogens (primary N) is 1. The lowest BCUT2D eigenvalue weighted by atomic mass is 9.55. The Kier molecular flexibility index (Phi) is 4.33. The molecule has 1 saturated carbocycles. The molecule has 0 aromatic heterocycles. The summed E-state index contributed by atoms with van der Waals surface area (Å²) in [6, 6.07) is 0. The molecule has 0 aromatic carbocycles. The highest BCUT2D eigenvalue weighted by Crippen LogP contribution is 2.52. The van der Waals surface area contributed by atoms with Crippen LogP contribution in [0, 0.1) is 17.3 Å². The zero-order chi connectivity index (χ0) is 15.0. The van der Waals surface area contributed by atoms with E-state index < -0.39 is 5.60 Å². The molecule has 4 heteroatoms. The highest BCUT2D eigenvalue weighted by atomic mass is 16.6. The van der Waals surface area contributed by atoms with E-state index in [9.17, 15) is 4.79 Å². The van der Waals surface area contributed by atoms with E-state index in [1.807, 2.05) is 25.7 Å². The largest absolute Gasteiger partial charge is 0.444 e. The number of ether oxygens (including phenoxy) is 1. The summed E-state index contributed by atoms with van der Waals surface area (Å²) in [5.41, 5.74) is 5.91. The van der Waals surface area contributed by atoms with Gasteiger partial charge in [0.25, 0.3) is 0 Å². The van der Waals surface area contributed by atoms with Crippen molar-refractivity contribution in [3.8, 4) is 0 Å². The fraction of sp³-hybridized carbons (Fsp3) is 0.938. The third kappa shape index (κ3) is 3.27. The maximum atomic E-state index is 12.2. The van der Waals surface area contributed by atoms with Crippen molar-refractivity contribution < 1.29 is 9.53 Å². The van der Waals surface area contributed by atoms with Gasteiger partial charge in [0, 0.05) is 13.1 Å². The molecule has 0 spiro atoms. The number of carbonyl (C=O) groups excluding carboxylic acids is 1. The Balaban J connectivity index is 1.96. The molecule has 20 heavy (non-hydrogen) atoms. The molecule has 2 rings (SSSR count). The highest BCUT2D eigenvalue weighted by molar-refractivity contribution is 5.68. The van der Waals surface area contributed by atoms with Crippen LogP contribution in [0.2, 0.25) is 0 Å². The van der Waals surface area contributed by atoms with E-state index in [4.69, 9.17) is 10.5 Å². The SMILES string of the molecule is CC1CC(CN)(C2CCCN(C(=O)OC(C)(C)C)C2)C1. The Morgan fingerprint density at radius 1 is 1.40 bits per heavy atom. The van der Waals surface area contributed by atoms with Gasteiger partial charge >= 0.3 is 6.09 Å². The summed E-state index contributed by atoms with van der Waals surface area (Å²) in [6.45, 7) is 10.4. The van der Waals surface area contributed by atoms with Crippen molar-refractivity contribution in [3.63, 3.8) is 0 Å². The Labute approximate surface area is 123 Å². The van der Waals surface area contributed by atoms with Crippen molar-refractivity contribution in [2.75, 3.05) is 19.6 Å². The van der Waals surface area contributed by atoms with Crippen LogP contribution in [0.4, 0.5) is 4.79 Å². The molecule has 1 heterocycles. The molecule has 1 atom stereocenters. The number of piperidine rings is 1. The fourth-order valence-electron chi connectivity index (χ4n) is 3.96. The van der Waals surface area contributed by atoms with Crippen LogP contribution in [-0.4, -0.2) is 36.2 Å². The molecule has 2 N–H and O–H groups in total. The van der Waals surface area contributed by atoms with E-state index in [1.165, 1.54) is 19.3 Å². The lowest BCUT2D eigenvalue weighted by Gasteiger charge is -2.53. The van der Waals surface area contributed by atoms with Crippen molar-refractivity contribution in [1.82, 2.24) is 4.90 Å². The maximum Gasteiger partial charge on any atom is 0.410 e. The summed E-state index contributed by atoms with van der Waals surface area (Å²) >= 11 is 0. The first-order valence-electron chi connectivity index (χ1n) is 7.94. The van der Waals surface area contributed by atoms with Gasteiger partial charge in [0.2, 0.25) is 0 Å². The summed E-state index contributed by atoms with van der Waals surface area (Å²) in [7, 11) is 0. The van der Waals surface area contributed by atoms with E-state index in [1.54, 1.807) is 0 Å². The standard InChI is InChI=1S/C16H30N2O2/c1-12-8-16(9-12,11-17)13-6-5-7-18(10-13)14(19)20-15(2,3)4/h12-13H,5-11,17H2,1-4H3. The van der Waals surface area contributed by atoms with Gasteiger partial charge in [-0.25, -0.2) is 4.79 Å². The number of hydrogen-bond acceptors (Lipinski definition) is 3. The van der Waals surface area contributed by atoms with Crippen LogP contribution >= 0.6 is 0 Å². The van der Waals surface area contributed by atoms with Gasteiger partial charge < -0.3 is 15.4 Å². The Morgan fingerprint density at radius 2 is 2.05 bits per heavy atom. The van der Waals surface area contributed by atoms with Crippen molar-refractivity contribution in [2.24, 2.45) is 23.0 Å². The average molecular weight is 282 g/mol. The number of hydrogen-bond donors (Lipinski definition) is 1. The van der Waals surface area contributed by atoms with E-state index in [0.29, 0.717) is 5.92 Å².